The zero-order chi connectivity index (χ0) is 20.5. The van der Waals surface area contributed by atoms with Crippen LogP contribution in [0.25, 0.3) is 0 Å². The highest BCUT2D eigenvalue weighted by Crippen LogP contribution is 2.55. The van der Waals surface area contributed by atoms with Crippen molar-refractivity contribution in [3.05, 3.63) is 12.2 Å². The van der Waals surface area contributed by atoms with E-state index in [1.807, 2.05) is 0 Å². The molecule has 0 radical (unpaired) electrons. The standard InChI is InChI=1S/C12H11F11O2/c1-6(2)7(24)25-4-3-8(13,14)5-9(15,16)10(17,18)11(19,20)12(21,22)23/h1,3-5H2,2H3. The highest BCUT2D eigenvalue weighted by atomic mass is 19.4. The van der Waals surface area contributed by atoms with Gasteiger partial charge in [0.1, 0.15) is 0 Å². The lowest BCUT2D eigenvalue weighted by Crippen LogP contribution is -2.61. The van der Waals surface area contributed by atoms with E-state index in [0.717, 1.165) is 6.92 Å². The molecule has 0 saturated heterocycles. The van der Waals surface area contributed by atoms with Gasteiger partial charge >= 0.3 is 29.9 Å². The number of rotatable bonds is 8. The molecule has 0 bridgehead atoms. The average molecular weight is 396 g/mol. The van der Waals surface area contributed by atoms with Crippen LogP contribution in [0.1, 0.15) is 19.8 Å². The van der Waals surface area contributed by atoms with E-state index >= 15 is 0 Å². The fourth-order valence-corrected chi connectivity index (χ4v) is 1.35. The average Bonchev–Trinajstić information content (AvgIpc) is 2.34. The molecule has 0 aromatic heterocycles. The van der Waals surface area contributed by atoms with E-state index in [1.165, 1.54) is 0 Å². The minimum absolute atomic E-state index is 0.273. The van der Waals surface area contributed by atoms with Gasteiger partial charge < -0.3 is 4.74 Å². The Bertz CT molecular complexity index is 508. The molecule has 0 fully saturated rings. The number of ether oxygens (including phenoxy) is 1. The molecule has 0 heterocycles. The van der Waals surface area contributed by atoms with Crippen molar-refractivity contribution in [2.24, 2.45) is 0 Å². The Labute approximate surface area is 133 Å². The van der Waals surface area contributed by atoms with E-state index in [2.05, 4.69) is 11.3 Å². The first-order valence-electron chi connectivity index (χ1n) is 6.19. The summed E-state index contributed by atoms with van der Waals surface area (Å²) in [6.45, 7) is 2.85. The number of carbonyl (C=O) groups excluding carboxylic acids is 1. The third kappa shape index (κ3) is 5.21. The molecule has 0 aliphatic carbocycles. The summed E-state index contributed by atoms with van der Waals surface area (Å²) >= 11 is 0. The van der Waals surface area contributed by atoms with Crippen LogP contribution in [-0.4, -0.2) is 42.4 Å². The van der Waals surface area contributed by atoms with Crippen molar-refractivity contribution in [1.29, 1.82) is 0 Å². The van der Waals surface area contributed by atoms with E-state index < -0.39 is 55.3 Å². The molecule has 148 valence electrons. The SMILES string of the molecule is C=C(C)C(=O)OCCC(F)(F)CC(F)(F)C(F)(F)C(F)(F)C(F)(F)F. The van der Waals surface area contributed by atoms with Crippen molar-refractivity contribution < 1.29 is 57.8 Å². The van der Waals surface area contributed by atoms with Gasteiger partial charge in [-0.25, -0.2) is 13.6 Å². The topological polar surface area (TPSA) is 26.3 Å². The summed E-state index contributed by atoms with van der Waals surface area (Å²) in [7, 11) is 0. The van der Waals surface area contributed by atoms with E-state index in [1.54, 1.807) is 0 Å². The van der Waals surface area contributed by atoms with Crippen LogP contribution >= 0.6 is 0 Å². The highest BCUT2D eigenvalue weighted by Gasteiger charge is 2.82. The molecule has 0 rings (SSSR count). The van der Waals surface area contributed by atoms with Gasteiger partial charge in [-0.15, -0.1) is 0 Å². The first kappa shape index (κ1) is 23.4. The monoisotopic (exact) mass is 396 g/mol. The molecule has 0 aromatic carbocycles. The summed E-state index contributed by atoms with van der Waals surface area (Å²) < 4.78 is 143. The van der Waals surface area contributed by atoms with Gasteiger partial charge in [-0.05, 0) is 6.92 Å². The van der Waals surface area contributed by atoms with Gasteiger partial charge in [0.2, 0.25) is 0 Å². The zero-order valence-corrected chi connectivity index (χ0v) is 12.3. The summed E-state index contributed by atoms with van der Waals surface area (Å²) in [6, 6.07) is 0. The fourth-order valence-electron chi connectivity index (χ4n) is 1.35. The van der Waals surface area contributed by atoms with E-state index in [0.29, 0.717) is 0 Å². The van der Waals surface area contributed by atoms with Gasteiger partial charge in [0.15, 0.2) is 0 Å². The Morgan fingerprint density at radius 3 is 1.68 bits per heavy atom. The van der Waals surface area contributed by atoms with Crippen LogP contribution in [0.15, 0.2) is 12.2 Å². The van der Waals surface area contributed by atoms with Gasteiger partial charge in [-0.3, -0.25) is 0 Å². The Morgan fingerprint density at radius 1 is 0.880 bits per heavy atom. The molecule has 25 heavy (non-hydrogen) atoms. The van der Waals surface area contributed by atoms with Crippen LogP contribution in [0, 0.1) is 0 Å². The van der Waals surface area contributed by atoms with Crippen LogP contribution in [0.4, 0.5) is 48.3 Å². The summed E-state index contributed by atoms with van der Waals surface area (Å²) in [5.41, 5.74) is -0.273. The molecule has 2 nitrogen and oxygen atoms in total. The predicted molar refractivity (Wildman–Crippen MR) is 60.9 cm³/mol. The summed E-state index contributed by atoms with van der Waals surface area (Å²) in [5, 5.41) is 0. The molecule has 0 aromatic rings. The van der Waals surface area contributed by atoms with Crippen LogP contribution in [0.2, 0.25) is 0 Å². The Kier molecular flexibility index (Phi) is 6.55. The molecule has 0 spiro atoms. The maximum absolute atomic E-state index is 13.2. The third-order valence-electron chi connectivity index (χ3n) is 2.74. The fraction of sp³-hybridized carbons (Fsp3) is 0.750. The molecule has 0 amide bonds. The molecule has 0 atom stereocenters. The zero-order valence-electron chi connectivity index (χ0n) is 12.3. The Hall–Kier alpha value is -1.56. The molecule has 0 unspecified atom stereocenters. The van der Waals surface area contributed by atoms with Gasteiger partial charge in [0, 0.05) is 12.0 Å². The van der Waals surface area contributed by atoms with Gasteiger partial charge in [0.05, 0.1) is 13.0 Å². The first-order chi connectivity index (χ1) is 10.8. The molecule has 13 heteroatoms. The normalized spacial score (nSPS) is 14.4. The molecule has 0 N–H and O–H groups in total. The second kappa shape index (κ2) is 6.98. The van der Waals surface area contributed by atoms with Crippen LogP contribution < -0.4 is 0 Å². The highest BCUT2D eigenvalue weighted by molar-refractivity contribution is 5.86. The number of carbonyl (C=O) groups is 1. The number of alkyl halides is 11. The lowest BCUT2D eigenvalue weighted by Gasteiger charge is -2.35. The molecule has 0 aliphatic rings. The summed E-state index contributed by atoms with van der Waals surface area (Å²) in [5.74, 6) is -26.8. The predicted octanol–water partition coefficient (Wildman–Crippen LogP) is 4.99. The number of halogens is 11. The Balaban J connectivity index is 5.20. The van der Waals surface area contributed by atoms with Crippen molar-refractivity contribution in [3.63, 3.8) is 0 Å². The number of esters is 1. The largest absolute Gasteiger partial charge is 0.462 e. The van der Waals surface area contributed by atoms with Crippen molar-refractivity contribution in [1.82, 2.24) is 0 Å². The third-order valence-corrected chi connectivity index (χ3v) is 2.74. The maximum Gasteiger partial charge on any atom is 0.460 e. The molecule has 0 aliphatic heterocycles. The van der Waals surface area contributed by atoms with Gasteiger partial charge in [-0.1, -0.05) is 6.58 Å². The second-order valence-corrected chi connectivity index (χ2v) is 5.05. The van der Waals surface area contributed by atoms with Crippen LogP contribution in [0.5, 0.6) is 0 Å². The van der Waals surface area contributed by atoms with Gasteiger partial charge in [-0.2, -0.15) is 39.5 Å². The van der Waals surface area contributed by atoms with Crippen molar-refractivity contribution in [3.8, 4) is 0 Å². The molecular weight excluding hydrogens is 385 g/mol. The quantitative estimate of drug-likeness (QED) is 0.328. The maximum atomic E-state index is 13.2. The molecular formula is C12H11F11O2. The van der Waals surface area contributed by atoms with Crippen molar-refractivity contribution >= 4 is 5.97 Å². The first-order valence-corrected chi connectivity index (χ1v) is 6.19. The lowest BCUT2D eigenvalue weighted by atomic mass is 9.97. The van der Waals surface area contributed by atoms with Crippen molar-refractivity contribution in [2.75, 3.05) is 6.61 Å². The number of hydrogen-bond acceptors (Lipinski definition) is 2. The Morgan fingerprint density at radius 2 is 1.32 bits per heavy atom. The minimum atomic E-state index is -7.24. The number of hydrogen-bond donors (Lipinski definition) is 0. The summed E-state index contributed by atoms with van der Waals surface area (Å²) in [6.07, 6.45) is -12.2. The van der Waals surface area contributed by atoms with Crippen LogP contribution in [0.3, 0.4) is 0 Å². The van der Waals surface area contributed by atoms with E-state index in [-0.39, 0.29) is 5.57 Å². The van der Waals surface area contributed by atoms with E-state index in [9.17, 15) is 53.1 Å². The lowest BCUT2D eigenvalue weighted by molar-refractivity contribution is -0.401. The smallest absolute Gasteiger partial charge is 0.460 e. The second-order valence-electron chi connectivity index (χ2n) is 5.05. The van der Waals surface area contributed by atoms with Crippen LogP contribution in [-0.2, 0) is 9.53 Å². The molecule has 0 saturated carbocycles. The van der Waals surface area contributed by atoms with Gasteiger partial charge in [0.25, 0.3) is 5.92 Å². The van der Waals surface area contributed by atoms with Crippen molar-refractivity contribution in [2.45, 2.75) is 49.6 Å². The summed E-state index contributed by atoms with van der Waals surface area (Å²) in [4.78, 5) is 10.9. The minimum Gasteiger partial charge on any atom is -0.462 e. The van der Waals surface area contributed by atoms with E-state index in [4.69, 9.17) is 0 Å².